The lowest BCUT2D eigenvalue weighted by atomic mass is 10.2. The zero-order chi connectivity index (χ0) is 12.4. The summed E-state index contributed by atoms with van der Waals surface area (Å²) < 4.78 is 60.9. The Balaban J connectivity index is 3.03. The third-order valence-electron chi connectivity index (χ3n) is 1.74. The van der Waals surface area contributed by atoms with E-state index in [0.717, 1.165) is 0 Å². The Bertz CT molecular complexity index is 380. The van der Waals surface area contributed by atoms with Crippen LogP contribution >= 0.6 is 22.6 Å². The molecule has 0 amide bonds. The van der Waals surface area contributed by atoms with E-state index in [1.54, 1.807) is 18.2 Å². The summed E-state index contributed by atoms with van der Waals surface area (Å²) in [5.74, 6) is -4.81. The lowest BCUT2D eigenvalue weighted by Gasteiger charge is -2.16. The number of benzene rings is 1. The van der Waals surface area contributed by atoms with Crippen LogP contribution in [0.4, 0.5) is 22.0 Å². The quantitative estimate of drug-likeness (QED) is 0.539. The topological polar surface area (TPSA) is 0 Å². The van der Waals surface area contributed by atoms with Crippen LogP contribution in [0.25, 0.3) is 3.58 Å². The first-order valence-electron chi connectivity index (χ1n) is 4.12. The van der Waals surface area contributed by atoms with Gasteiger partial charge in [-0.15, -0.1) is 0 Å². The van der Waals surface area contributed by atoms with Crippen LogP contribution < -0.4 is 0 Å². The first-order valence-corrected chi connectivity index (χ1v) is 5.20. The highest BCUT2D eigenvalue weighted by atomic mass is 127. The van der Waals surface area contributed by atoms with Crippen LogP contribution in [-0.4, -0.2) is 12.1 Å². The van der Waals surface area contributed by atoms with Gasteiger partial charge in [-0.25, -0.2) is 0 Å². The highest BCUT2D eigenvalue weighted by molar-refractivity contribution is 14.1. The first kappa shape index (κ1) is 13.4. The van der Waals surface area contributed by atoms with Crippen molar-refractivity contribution in [2.45, 2.75) is 12.1 Å². The molecule has 88 valence electrons. The zero-order valence-electron chi connectivity index (χ0n) is 7.73. The van der Waals surface area contributed by atoms with Gasteiger partial charge in [-0.2, -0.15) is 22.0 Å². The van der Waals surface area contributed by atoms with Gasteiger partial charge in [-0.05, 0) is 28.2 Å². The Morgan fingerprint density at radius 1 is 1.00 bits per heavy atom. The molecule has 0 bridgehead atoms. The van der Waals surface area contributed by atoms with E-state index in [-0.39, 0.29) is 9.66 Å². The van der Waals surface area contributed by atoms with Crippen molar-refractivity contribution in [2.24, 2.45) is 0 Å². The minimum absolute atomic E-state index is 0.0805. The number of alkyl halides is 5. The molecule has 0 aromatic heterocycles. The fourth-order valence-corrected chi connectivity index (χ4v) is 1.67. The maximum absolute atomic E-state index is 12.7. The van der Waals surface area contributed by atoms with Crippen molar-refractivity contribution in [1.82, 2.24) is 0 Å². The molecule has 0 aliphatic rings. The van der Waals surface area contributed by atoms with Gasteiger partial charge < -0.3 is 0 Å². The first-order chi connectivity index (χ1) is 7.24. The van der Waals surface area contributed by atoms with E-state index in [0.29, 0.717) is 5.56 Å². The van der Waals surface area contributed by atoms with Gasteiger partial charge in [0, 0.05) is 9.66 Å². The number of allylic oxidation sites excluding steroid dienone is 1. The minimum Gasteiger partial charge on any atom is -0.191 e. The summed E-state index contributed by atoms with van der Waals surface area (Å²) in [6.07, 6.45) is -5.64. The van der Waals surface area contributed by atoms with E-state index in [2.05, 4.69) is 0 Å². The smallest absolute Gasteiger partial charge is 0.191 e. The number of hydrogen-bond donors (Lipinski definition) is 0. The van der Waals surface area contributed by atoms with Crippen LogP contribution in [0.1, 0.15) is 5.56 Å². The monoisotopic (exact) mass is 348 g/mol. The van der Waals surface area contributed by atoms with Gasteiger partial charge in [0.1, 0.15) is 0 Å². The van der Waals surface area contributed by atoms with E-state index >= 15 is 0 Å². The molecule has 1 aromatic rings. The standard InChI is InChI=1S/C10H6F5I/c11-9(12,10(13,14)15)6-8(16)7-4-2-1-3-5-7/h1-6H/b8-6-. The second kappa shape index (κ2) is 4.68. The molecular formula is C10H6F5I. The van der Waals surface area contributed by atoms with Crippen LogP contribution in [0, 0.1) is 0 Å². The van der Waals surface area contributed by atoms with E-state index in [1.807, 2.05) is 0 Å². The van der Waals surface area contributed by atoms with E-state index in [1.165, 1.54) is 34.7 Å². The fourth-order valence-electron chi connectivity index (χ4n) is 0.922. The minimum atomic E-state index is -5.56. The predicted molar refractivity (Wildman–Crippen MR) is 59.4 cm³/mol. The summed E-state index contributed by atoms with van der Waals surface area (Å²) in [5, 5.41) is 0. The van der Waals surface area contributed by atoms with Crippen LogP contribution in [0.5, 0.6) is 0 Å². The van der Waals surface area contributed by atoms with Gasteiger partial charge in [-0.1, -0.05) is 30.3 Å². The molecule has 1 aromatic carbocycles. The largest absolute Gasteiger partial charge is 0.457 e. The molecule has 0 atom stereocenters. The highest BCUT2D eigenvalue weighted by Gasteiger charge is 2.55. The second-order valence-electron chi connectivity index (χ2n) is 2.98. The average Bonchev–Trinajstić information content (AvgIpc) is 2.16. The summed E-state index contributed by atoms with van der Waals surface area (Å²) in [7, 11) is 0. The third-order valence-corrected chi connectivity index (χ3v) is 2.67. The molecule has 0 spiro atoms. The van der Waals surface area contributed by atoms with Gasteiger partial charge in [0.05, 0.1) is 0 Å². The Morgan fingerprint density at radius 2 is 1.50 bits per heavy atom. The molecule has 0 N–H and O–H groups in total. The van der Waals surface area contributed by atoms with Crippen LogP contribution in [0.3, 0.4) is 0 Å². The van der Waals surface area contributed by atoms with E-state index in [9.17, 15) is 22.0 Å². The van der Waals surface area contributed by atoms with Crippen molar-refractivity contribution < 1.29 is 22.0 Å². The van der Waals surface area contributed by atoms with Gasteiger partial charge >= 0.3 is 12.1 Å². The van der Waals surface area contributed by atoms with E-state index in [4.69, 9.17) is 0 Å². The SMILES string of the molecule is FC(F)(F)C(F)(F)/C=C(\I)c1ccccc1. The molecule has 0 fully saturated rings. The second-order valence-corrected chi connectivity index (χ2v) is 4.14. The van der Waals surface area contributed by atoms with Crippen molar-refractivity contribution in [2.75, 3.05) is 0 Å². The Labute approximate surface area is 102 Å². The van der Waals surface area contributed by atoms with Crippen molar-refractivity contribution in [3.8, 4) is 0 Å². The Hall–Kier alpha value is -0.660. The average molecular weight is 348 g/mol. The molecule has 0 aliphatic heterocycles. The summed E-state index contributed by atoms with van der Waals surface area (Å²) in [4.78, 5) is 0. The molecule has 0 saturated heterocycles. The normalized spacial score (nSPS) is 14.0. The lowest BCUT2D eigenvalue weighted by molar-refractivity contribution is -0.258. The van der Waals surface area contributed by atoms with E-state index < -0.39 is 12.1 Å². The number of rotatable bonds is 2. The van der Waals surface area contributed by atoms with Crippen LogP contribution in [0.15, 0.2) is 36.4 Å². The van der Waals surface area contributed by atoms with Crippen molar-refractivity contribution >= 4 is 26.2 Å². The molecular weight excluding hydrogens is 342 g/mol. The maximum Gasteiger partial charge on any atom is 0.457 e. The Kier molecular flexibility index (Phi) is 3.92. The molecule has 0 unspecified atom stereocenters. The van der Waals surface area contributed by atoms with Gasteiger partial charge in [-0.3, -0.25) is 0 Å². The zero-order valence-corrected chi connectivity index (χ0v) is 9.89. The van der Waals surface area contributed by atoms with Crippen molar-refractivity contribution in [1.29, 1.82) is 0 Å². The molecule has 1 rings (SSSR count). The predicted octanol–water partition coefficient (Wildman–Crippen LogP) is 4.66. The molecule has 0 nitrogen and oxygen atoms in total. The molecule has 0 heterocycles. The Morgan fingerprint density at radius 3 is 1.94 bits per heavy atom. The molecule has 0 radical (unpaired) electrons. The molecule has 0 aliphatic carbocycles. The number of hydrogen-bond acceptors (Lipinski definition) is 0. The fraction of sp³-hybridized carbons (Fsp3) is 0.200. The summed E-state index contributed by atoms with van der Waals surface area (Å²) in [6.45, 7) is 0. The number of halogens is 6. The lowest BCUT2D eigenvalue weighted by Crippen LogP contribution is -2.34. The van der Waals surface area contributed by atoms with Crippen LogP contribution in [0.2, 0.25) is 0 Å². The van der Waals surface area contributed by atoms with Crippen molar-refractivity contribution in [3.63, 3.8) is 0 Å². The molecule has 16 heavy (non-hydrogen) atoms. The van der Waals surface area contributed by atoms with Gasteiger partial charge in [0.2, 0.25) is 0 Å². The summed E-state index contributed by atoms with van der Waals surface area (Å²) in [5.41, 5.74) is 0.326. The summed E-state index contributed by atoms with van der Waals surface area (Å²) in [6, 6.07) is 7.70. The molecule has 6 heteroatoms. The third kappa shape index (κ3) is 3.16. The van der Waals surface area contributed by atoms with Crippen LogP contribution in [-0.2, 0) is 0 Å². The maximum atomic E-state index is 12.7. The molecule has 0 saturated carbocycles. The highest BCUT2D eigenvalue weighted by Crippen LogP contribution is 2.39. The van der Waals surface area contributed by atoms with Gasteiger partial charge in [0.15, 0.2) is 0 Å². The summed E-state index contributed by atoms with van der Waals surface area (Å²) >= 11 is 1.45. The van der Waals surface area contributed by atoms with Gasteiger partial charge in [0.25, 0.3) is 0 Å². The van der Waals surface area contributed by atoms with Crippen molar-refractivity contribution in [3.05, 3.63) is 42.0 Å².